The van der Waals surface area contributed by atoms with Crippen molar-refractivity contribution in [1.29, 1.82) is 0 Å². The van der Waals surface area contributed by atoms with Gasteiger partial charge in [-0.2, -0.15) is 11.8 Å². The third kappa shape index (κ3) is 4.33. The highest BCUT2D eigenvalue weighted by atomic mass is 32.2. The maximum Gasteiger partial charge on any atom is 0.0476 e. The van der Waals surface area contributed by atoms with Crippen molar-refractivity contribution in [3.63, 3.8) is 0 Å². The molecular formula is C12H23NOS. The van der Waals surface area contributed by atoms with E-state index in [0.717, 1.165) is 24.4 Å². The second-order valence-electron chi connectivity index (χ2n) is 4.68. The van der Waals surface area contributed by atoms with Gasteiger partial charge in [-0.1, -0.05) is 0 Å². The van der Waals surface area contributed by atoms with E-state index in [1.807, 2.05) is 0 Å². The molecule has 0 aromatic carbocycles. The minimum absolute atomic E-state index is 0.885. The maximum atomic E-state index is 5.37. The lowest BCUT2D eigenvalue weighted by Crippen LogP contribution is -2.30. The lowest BCUT2D eigenvalue weighted by molar-refractivity contribution is 0.1000. The zero-order chi connectivity index (χ0) is 10.3. The van der Waals surface area contributed by atoms with E-state index < -0.39 is 0 Å². The number of nitrogens with one attached hydrogen (secondary N) is 1. The molecule has 1 atom stereocenters. The molecule has 0 aliphatic carbocycles. The SMILES string of the molecule is C1CNCC(CCSC2CCOCC2)C1. The Kier molecular flexibility index (Phi) is 5.30. The number of rotatable bonds is 4. The second-order valence-corrected chi connectivity index (χ2v) is 6.09. The Bertz CT molecular complexity index is 147. The van der Waals surface area contributed by atoms with Crippen molar-refractivity contribution in [3.05, 3.63) is 0 Å². The zero-order valence-corrected chi connectivity index (χ0v) is 10.4. The van der Waals surface area contributed by atoms with Crippen molar-refractivity contribution in [2.75, 3.05) is 32.1 Å². The normalized spacial score (nSPS) is 29.2. The fraction of sp³-hybridized carbons (Fsp3) is 1.00. The zero-order valence-electron chi connectivity index (χ0n) is 9.54. The van der Waals surface area contributed by atoms with Gasteiger partial charge in [0.25, 0.3) is 0 Å². The molecule has 0 aromatic heterocycles. The predicted octanol–water partition coefficient (Wildman–Crippen LogP) is 2.29. The van der Waals surface area contributed by atoms with Gasteiger partial charge in [0.1, 0.15) is 0 Å². The van der Waals surface area contributed by atoms with Gasteiger partial charge in [0.05, 0.1) is 0 Å². The highest BCUT2D eigenvalue weighted by Gasteiger charge is 2.16. The fourth-order valence-electron chi connectivity index (χ4n) is 2.41. The smallest absolute Gasteiger partial charge is 0.0476 e. The molecule has 88 valence electrons. The Morgan fingerprint density at radius 3 is 2.80 bits per heavy atom. The van der Waals surface area contributed by atoms with E-state index in [0.29, 0.717) is 0 Å². The lowest BCUT2D eigenvalue weighted by atomic mass is 9.97. The molecule has 2 aliphatic rings. The summed E-state index contributed by atoms with van der Waals surface area (Å²) >= 11 is 2.18. The molecule has 1 N–H and O–H groups in total. The molecule has 0 spiro atoms. The molecule has 3 heteroatoms. The van der Waals surface area contributed by atoms with E-state index in [4.69, 9.17) is 4.74 Å². The van der Waals surface area contributed by atoms with Crippen molar-refractivity contribution >= 4 is 11.8 Å². The minimum Gasteiger partial charge on any atom is -0.381 e. The van der Waals surface area contributed by atoms with E-state index in [-0.39, 0.29) is 0 Å². The third-order valence-electron chi connectivity index (χ3n) is 3.45. The third-order valence-corrected chi connectivity index (χ3v) is 4.86. The minimum atomic E-state index is 0.885. The summed E-state index contributed by atoms with van der Waals surface area (Å²) in [5.74, 6) is 2.31. The Morgan fingerprint density at radius 2 is 2.07 bits per heavy atom. The quantitative estimate of drug-likeness (QED) is 0.799. The highest BCUT2D eigenvalue weighted by molar-refractivity contribution is 7.99. The topological polar surface area (TPSA) is 21.3 Å². The second kappa shape index (κ2) is 6.77. The van der Waals surface area contributed by atoms with Crippen LogP contribution in [-0.4, -0.2) is 37.3 Å². The van der Waals surface area contributed by atoms with Crippen LogP contribution in [0.1, 0.15) is 32.1 Å². The summed E-state index contributed by atoms with van der Waals surface area (Å²) < 4.78 is 5.37. The average molecular weight is 229 g/mol. The van der Waals surface area contributed by atoms with Crippen LogP contribution in [-0.2, 0) is 4.74 Å². The Balaban J connectivity index is 1.53. The molecule has 1 unspecified atom stereocenters. The van der Waals surface area contributed by atoms with Crippen LogP contribution in [0.5, 0.6) is 0 Å². The summed E-state index contributed by atoms with van der Waals surface area (Å²) in [7, 11) is 0. The summed E-state index contributed by atoms with van der Waals surface area (Å²) in [4.78, 5) is 0. The van der Waals surface area contributed by atoms with Gasteiger partial charge in [0, 0.05) is 18.5 Å². The number of thioether (sulfide) groups is 1. The first-order valence-corrected chi connectivity index (χ1v) is 7.40. The molecule has 2 nitrogen and oxygen atoms in total. The maximum absolute atomic E-state index is 5.37. The van der Waals surface area contributed by atoms with E-state index >= 15 is 0 Å². The number of hydrogen-bond acceptors (Lipinski definition) is 3. The van der Waals surface area contributed by atoms with Gasteiger partial charge in [-0.3, -0.25) is 0 Å². The summed E-state index contributed by atoms with van der Waals surface area (Å²) in [5, 5.41) is 4.38. The van der Waals surface area contributed by atoms with Gasteiger partial charge in [-0.25, -0.2) is 0 Å². The number of hydrogen-bond donors (Lipinski definition) is 1. The first-order chi connectivity index (χ1) is 7.45. The number of ether oxygens (including phenoxy) is 1. The van der Waals surface area contributed by atoms with Crippen LogP contribution in [0.3, 0.4) is 0 Å². The van der Waals surface area contributed by atoms with Gasteiger partial charge in [0.2, 0.25) is 0 Å². The molecule has 0 amide bonds. The molecule has 2 rings (SSSR count). The van der Waals surface area contributed by atoms with Crippen molar-refractivity contribution < 1.29 is 4.74 Å². The Hall–Kier alpha value is 0.270. The Labute approximate surface area is 97.5 Å². The van der Waals surface area contributed by atoms with E-state index in [1.54, 1.807) is 0 Å². The standard InChI is InChI=1S/C12H23NOS/c1-2-11(10-13-6-1)5-9-15-12-3-7-14-8-4-12/h11-13H,1-10H2. The molecular weight excluding hydrogens is 206 g/mol. The molecule has 2 heterocycles. The highest BCUT2D eigenvalue weighted by Crippen LogP contribution is 2.25. The molecule has 0 saturated carbocycles. The van der Waals surface area contributed by atoms with E-state index in [2.05, 4.69) is 17.1 Å². The lowest BCUT2D eigenvalue weighted by Gasteiger charge is -2.25. The number of piperidine rings is 1. The van der Waals surface area contributed by atoms with Crippen LogP contribution in [0.15, 0.2) is 0 Å². The van der Waals surface area contributed by atoms with Gasteiger partial charge in [-0.15, -0.1) is 0 Å². The van der Waals surface area contributed by atoms with E-state index in [9.17, 15) is 0 Å². The van der Waals surface area contributed by atoms with Crippen molar-refractivity contribution in [2.24, 2.45) is 5.92 Å². The monoisotopic (exact) mass is 229 g/mol. The van der Waals surface area contributed by atoms with Crippen LogP contribution in [0.4, 0.5) is 0 Å². The van der Waals surface area contributed by atoms with Crippen LogP contribution in [0.25, 0.3) is 0 Å². The fourth-order valence-corrected chi connectivity index (χ4v) is 3.74. The predicted molar refractivity (Wildman–Crippen MR) is 66.5 cm³/mol. The van der Waals surface area contributed by atoms with Crippen LogP contribution in [0, 0.1) is 5.92 Å². The van der Waals surface area contributed by atoms with Crippen molar-refractivity contribution in [1.82, 2.24) is 5.32 Å². The van der Waals surface area contributed by atoms with Crippen LogP contribution < -0.4 is 5.32 Å². The van der Waals surface area contributed by atoms with Gasteiger partial charge < -0.3 is 10.1 Å². The largest absolute Gasteiger partial charge is 0.381 e. The van der Waals surface area contributed by atoms with Crippen molar-refractivity contribution in [2.45, 2.75) is 37.4 Å². The summed E-state index contributed by atoms with van der Waals surface area (Å²) in [5.41, 5.74) is 0. The Morgan fingerprint density at radius 1 is 1.20 bits per heavy atom. The molecule has 0 aromatic rings. The van der Waals surface area contributed by atoms with Gasteiger partial charge in [0.15, 0.2) is 0 Å². The molecule has 2 fully saturated rings. The first kappa shape index (κ1) is 11.7. The molecule has 0 radical (unpaired) electrons. The first-order valence-electron chi connectivity index (χ1n) is 6.35. The molecule has 15 heavy (non-hydrogen) atoms. The van der Waals surface area contributed by atoms with Crippen LogP contribution in [0.2, 0.25) is 0 Å². The van der Waals surface area contributed by atoms with Crippen molar-refractivity contribution in [3.8, 4) is 0 Å². The molecule has 2 saturated heterocycles. The molecule has 2 aliphatic heterocycles. The van der Waals surface area contributed by atoms with Crippen LogP contribution >= 0.6 is 11.8 Å². The molecule has 0 bridgehead atoms. The summed E-state index contributed by atoms with van der Waals surface area (Å²) in [6, 6.07) is 0. The van der Waals surface area contributed by atoms with E-state index in [1.165, 1.54) is 50.9 Å². The summed E-state index contributed by atoms with van der Waals surface area (Å²) in [6.07, 6.45) is 6.78. The van der Waals surface area contributed by atoms with Gasteiger partial charge >= 0.3 is 0 Å². The summed E-state index contributed by atoms with van der Waals surface area (Å²) in [6.45, 7) is 4.48. The average Bonchev–Trinajstić information content (AvgIpc) is 2.32. The van der Waals surface area contributed by atoms with Gasteiger partial charge in [-0.05, 0) is 56.9 Å².